The lowest BCUT2D eigenvalue weighted by Crippen LogP contribution is -2.60. The van der Waals surface area contributed by atoms with E-state index in [2.05, 4.69) is 28.5 Å². The zero-order chi connectivity index (χ0) is 22.0. The number of hydrogen-bond acceptors (Lipinski definition) is 5. The smallest absolute Gasteiger partial charge is 0.233 e. The topological polar surface area (TPSA) is 68.5 Å². The first-order chi connectivity index (χ1) is 15.4. The first-order valence-corrected chi connectivity index (χ1v) is 12.6. The third-order valence-electron chi connectivity index (χ3n) is 7.95. The number of thioether (sulfide) groups is 1. The van der Waals surface area contributed by atoms with Crippen LogP contribution in [-0.2, 0) is 4.79 Å². The normalized spacial score (nSPS) is 29.5. The van der Waals surface area contributed by atoms with Gasteiger partial charge in [-0.05, 0) is 93.9 Å². The van der Waals surface area contributed by atoms with Gasteiger partial charge in [0, 0.05) is 17.0 Å². The van der Waals surface area contributed by atoms with Crippen LogP contribution in [0.4, 0.5) is 0 Å². The highest BCUT2D eigenvalue weighted by atomic mass is 32.2. The molecule has 7 heteroatoms. The van der Waals surface area contributed by atoms with Gasteiger partial charge in [0.25, 0.3) is 0 Å². The number of carbonyl (C=O) groups is 1. The zero-order valence-electron chi connectivity index (χ0n) is 18.9. The number of benzene rings is 1. The quantitative estimate of drug-likeness (QED) is 0.568. The molecule has 4 bridgehead atoms. The van der Waals surface area contributed by atoms with Crippen molar-refractivity contribution in [3.8, 4) is 5.75 Å². The minimum absolute atomic E-state index is 0.0325. The number of aromatic nitrogens is 3. The summed E-state index contributed by atoms with van der Waals surface area (Å²) in [6.45, 7) is 4.07. The average Bonchev–Trinajstić information content (AvgIpc) is 3.14. The molecule has 1 aromatic carbocycles. The highest BCUT2D eigenvalue weighted by molar-refractivity contribution is 8.00. The van der Waals surface area contributed by atoms with Crippen LogP contribution in [0.3, 0.4) is 0 Å². The zero-order valence-corrected chi connectivity index (χ0v) is 19.7. The maximum Gasteiger partial charge on any atom is 0.233 e. The number of nitrogens with zero attached hydrogens (tertiary/aromatic N) is 3. The molecular weight excluding hydrogens is 420 g/mol. The standard InChI is InChI=1S/C25H30N4O2S/c1-14-6-22-27-28-24(29(22)21-10-19(31-3)4-5-20(14)21)32-15(2)23(30)26-25-11-16-7-17(12-25)9-18(8-16)13-25/h4-6,10,15-18H,7-9,11-13H2,1-3H3,(H,26,30). The predicted octanol–water partition coefficient (Wildman–Crippen LogP) is 4.77. The number of hydrogen-bond donors (Lipinski definition) is 1. The van der Waals surface area contributed by atoms with E-state index in [0.717, 1.165) is 50.8 Å². The lowest BCUT2D eigenvalue weighted by molar-refractivity contribution is -0.126. The van der Waals surface area contributed by atoms with Crippen molar-refractivity contribution in [2.75, 3.05) is 7.11 Å². The van der Waals surface area contributed by atoms with Crippen LogP contribution < -0.4 is 10.1 Å². The molecule has 1 N–H and O–H groups in total. The van der Waals surface area contributed by atoms with Crippen molar-refractivity contribution in [3.05, 3.63) is 29.8 Å². The number of amides is 1. The lowest BCUT2D eigenvalue weighted by Gasteiger charge is -2.57. The van der Waals surface area contributed by atoms with Gasteiger partial charge < -0.3 is 10.1 Å². The van der Waals surface area contributed by atoms with Crippen LogP contribution in [0.2, 0.25) is 0 Å². The molecule has 4 aliphatic rings. The largest absolute Gasteiger partial charge is 0.497 e. The highest BCUT2D eigenvalue weighted by Gasteiger charge is 2.51. The molecule has 0 spiro atoms. The molecule has 0 aliphatic heterocycles. The molecule has 2 aromatic heterocycles. The molecule has 168 valence electrons. The number of nitrogens with one attached hydrogen (secondary N) is 1. The van der Waals surface area contributed by atoms with Gasteiger partial charge in [-0.15, -0.1) is 10.2 Å². The molecular formula is C25H30N4O2S. The maximum atomic E-state index is 13.3. The minimum atomic E-state index is -0.239. The number of aryl methyl sites for hydroxylation is 1. The number of methoxy groups -OCH3 is 1. The van der Waals surface area contributed by atoms with E-state index in [1.54, 1.807) is 7.11 Å². The van der Waals surface area contributed by atoms with Gasteiger partial charge in [-0.25, -0.2) is 0 Å². The summed E-state index contributed by atoms with van der Waals surface area (Å²) in [5, 5.41) is 14.0. The Labute approximate surface area is 192 Å². The van der Waals surface area contributed by atoms with Gasteiger partial charge in [-0.1, -0.05) is 11.8 Å². The fourth-order valence-corrected chi connectivity index (χ4v) is 7.81. The van der Waals surface area contributed by atoms with Gasteiger partial charge in [0.05, 0.1) is 17.9 Å². The van der Waals surface area contributed by atoms with Crippen molar-refractivity contribution < 1.29 is 9.53 Å². The van der Waals surface area contributed by atoms with E-state index in [4.69, 9.17) is 4.74 Å². The molecule has 0 saturated heterocycles. The Hall–Kier alpha value is -2.28. The van der Waals surface area contributed by atoms with Crippen molar-refractivity contribution >= 4 is 34.2 Å². The second kappa shape index (κ2) is 7.37. The van der Waals surface area contributed by atoms with Crippen molar-refractivity contribution in [3.63, 3.8) is 0 Å². The Morgan fingerprint density at radius 1 is 1.16 bits per heavy atom. The molecule has 3 aromatic rings. The van der Waals surface area contributed by atoms with Gasteiger partial charge in [0.1, 0.15) is 5.75 Å². The van der Waals surface area contributed by atoms with Crippen molar-refractivity contribution in [1.29, 1.82) is 0 Å². The maximum absolute atomic E-state index is 13.3. The number of fused-ring (bicyclic) bond motifs is 3. The Morgan fingerprint density at radius 2 is 1.84 bits per heavy atom. The second-order valence-electron chi connectivity index (χ2n) is 10.3. The monoisotopic (exact) mass is 450 g/mol. The summed E-state index contributed by atoms with van der Waals surface area (Å²) in [5.74, 6) is 3.36. The van der Waals surface area contributed by atoms with Crippen molar-refractivity contribution in [1.82, 2.24) is 19.9 Å². The van der Waals surface area contributed by atoms with Crippen molar-refractivity contribution in [2.45, 2.75) is 68.3 Å². The molecule has 1 unspecified atom stereocenters. The van der Waals surface area contributed by atoms with Gasteiger partial charge in [-0.2, -0.15) is 0 Å². The van der Waals surface area contributed by atoms with Gasteiger partial charge in [-0.3, -0.25) is 9.20 Å². The average molecular weight is 451 g/mol. The van der Waals surface area contributed by atoms with Crippen LogP contribution in [-0.4, -0.2) is 38.4 Å². The molecule has 4 saturated carbocycles. The Kier molecular flexibility index (Phi) is 4.68. The second-order valence-corrected chi connectivity index (χ2v) is 11.6. The lowest BCUT2D eigenvalue weighted by atomic mass is 9.53. The summed E-state index contributed by atoms with van der Waals surface area (Å²) in [6.07, 6.45) is 7.63. The predicted molar refractivity (Wildman–Crippen MR) is 126 cm³/mol. The Bertz CT molecular complexity index is 1180. The van der Waals surface area contributed by atoms with E-state index in [1.165, 1.54) is 50.3 Å². The summed E-state index contributed by atoms with van der Waals surface area (Å²) in [4.78, 5) is 13.3. The number of carbonyl (C=O) groups excluding carboxylic acids is 1. The molecule has 6 nitrogen and oxygen atoms in total. The molecule has 1 atom stereocenters. The molecule has 32 heavy (non-hydrogen) atoms. The van der Waals surface area contributed by atoms with E-state index >= 15 is 0 Å². The van der Waals surface area contributed by atoms with E-state index in [-0.39, 0.29) is 16.7 Å². The van der Waals surface area contributed by atoms with E-state index < -0.39 is 0 Å². The number of pyridine rings is 1. The molecule has 0 radical (unpaired) electrons. The van der Waals surface area contributed by atoms with Crippen LogP contribution in [0.5, 0.6) is 5.75 Å². The first kappa shape index (κ1) is 20.3. The van der Waals surface area contributed by atoms with Crippen LogP contribution >= 0.6 is 11.8 Å². The first-order valence-electron chi connectivity index (χ1n) is 11.7. The summed E-state index contributed by atoms with van der Waals surface area (Å²) >= 11 is 1.49. The summed E-state index contributed by atoms with van der Waals surface area (Å²) in [5.41, 5.74) is 2.97. The van der Waals surface area contributed by atoms with Gasteiger partial charge in [0.2, 0.25) is 5.91 Å². The Morgan fingerprint density at radius 3 is 2.50 bits per heavy atom. The molecule has 7 rings (SSSR count). The van der Waals surface area contributed by atoms with Gasteiger partial charge >= 0.3 is 0 Å². The van der Waals surface area contributed by atoms with E-state index in [9.17, 15) is 4.79 Å². The molecule has 2 heterocycles. The van der Waals surface area contributed by atoms with Gasteiger partial charge in [0.15, 0.2) is 10.8 Å². The fourth-order valence-electron chi connectivity index (χ4n) is 6.94. The highest BCUT2D eigenvalue weighted by Crippen LogP contribution is 2.55. The third-order valence-corrected chi connectivity index (χ3v) is 9.00. The van der Waals surface area contributed by atoms with Crippen LogP contribution in [0.25, 0.3) is 16.6 Å². The fraction of sp³-hybridized carbons (Fsp3) is 0.560. The van der Waals surface area contributed by atoms with Crippen molar-refractivity contribution in [2.24, 2.45) is 17.8 Å². The molecule has 4 fully saturated rings. The summed E-state index contributed by atoms with van der Waals surface area (Å²) < 4.78 is 7.50. The van der Waals surface area contributed by atoms with Crippen LogP contribution in [0.15, 0.2) is 29.4 Å². The van der Waals surface area contributed by atoms with Crippen LogP contribution in [0.1, 0.15) is 51.0 Å². The summed E-state index contributed by atoms with van der Waals surface area (Å²) in [7, 11) is 1.67. The number of rotatable bonds is 5. The number of ether oxygens (including phenoxy) is 1. The van der Waals surface area contributed by atoms with E-state index in [1.807, 2.05) is 29.5 Å². The Balaban J connectivity index is 1.27. The SMILES string of the molecule is COc1ccc2c(C)cc3nnc(SC(C)C(=O)NC45CC6CC(CC(C6)C4)C5)n3c2c1. The minimum Gasteiger partial charge on any atom is -0.497 e. The third kappa shape index (κ3) is 3.28. The summed E-state index contributed by atoms with van der Waals surface area (Å²) in [6, 6.07) is 8.11. The van der Waals surface area contributed by atoms with E-state index in [0.29, 0.717) is 0 Å². The van der Waals surface area contributed by atoms with Crippen LogP contribution in [0, 0.1) is 24.7 Å². The molecule has 1 amide bonds. The molecule has 4 aliphatic carbocycles.